The molecule has 3 aromatic rings. The molecule has 27 heavy (non-hydrogen) atoms. The number of benzene rings is 2. The zero-order valence-electron chi connectivity index (χ0n) is 14.4. The van der Waals surface area contributed by atoms with Crippen LogP contribution in [0.15, 0.2) is 84.8 Å². The largest absolute Gasteiger partial charge is 0.503 e. The molecule has 1 atom stereocenters. The highest BCUT2D eigenvalue weighted by Crippen LogP contribution is 2.43. The summed E-state index contributed by atoms with van der Waals surface area (Å²) in [6.45, 7) is 0.238. The molecule has 4 rings (SSSR count). The summed E-state index contributed by atoms with van der Waals surface area (Å²) >= 11 is 0. The SMILES string of the molecule is O=C1C(O)=C(c2ccccc2)[C@H](c2ccc(F)cc2)N1Cc1ccccn1. The Morgan fingerprint density at radius 1 is 0.963 bits per heavy atom. The lowest BCUT2D eigenvalue weighted by Gasteiger charge is -2.27. The number of aliphatic hydroxyl groups is 1. The summed E-state index contributed by atoms with van der Waals surface area (Å²) < 4.78 is 13.4. The summed E-state index contributed by atoms with van der Waals surface area (Å²) in [5.74, 6) is -1.10. The fraction of sp³-hybridized carbons (Fsp3) is 0.0909. The van der Waals surface area contributed by atoms with E-state index in [1.54, 1.807) is 29.3 Å². The first kappa shape index (κ1) is 17.0. The van der Waals surface area contributed by atoms with Crippen molar-refractivity contribution in [3.63, 3.8) is 0 Å². The fourth-order valence-corrected chi connectivity index (χ4v) is 3.39. The first-order chi connectivity index (χ1) is 13.1. The average molecular weight is 360 g/mol. The van der Waals surface area contributed by atoms with Crippen LogP contribution in [0.5, 0.6) is 0 Å². The van der Waals surface area contributed by atoms with Gasteiger partial charge in [0.25, 0.3) is 5.91 Å². The monoisotopic (exact) mass is 360 g/mol. The minimum Gasteiger partial charge on any atom is -0.503 e. The number of carbonyl (C=O) groups is 1. The minimum atomic E-state index is -0.525. The van der Waals surface area contributed by atoms with Crippen molar-refractivity contribution in [1.29, 1.82) is 0 Å². The Morgan fingerprint density at radius 3 is 2.33 bits per heavy atom. The van der Waals surface area contributed by atoms with Gasteiger partial charge in [0.05, 0.1) is 18.3 Å². The molecule has 1 aromatic heterocycles. The van der Waals surface area contributed by atoms with Crippen LogP contribution in [-0.4, -0.2) is 20.9 Å². The Bertz CT molecular complexity index is 986. The molecule has 2 heterocycles. The molecule has 1 N–H and O–H groups in total. The number of nitrogens with zero attached hydrogens (tertiary/aromatic N) is 2. The van der Waals surface area contributed by atoms with Gasteiger partial charge in [-0.1, -0.05) is 48.5 Å². The number of aromatic nitrogens is 1. The molecule has 1 aliphatic rings. The van der Waals surface area contributed by atoms with Crippen molar-refractivity contribution in [1.82, 2.24) is 9.88 Å². The van der Waals surface area contributed by atoms with E-state index < -0.39 is 11.9 Å². The quantitative estimate of drug-likeness (QED) is 0.756. The molecule has 0 radical (unpaired) electrons. The third-order valence-electron chi connectivity index (χ3n) is 4.63. The first-order valence-electron chi connectivity index (χ1n) is 8.60. The van der Waals surface area contributed by atoms with E-state index in [4.69, 9.17) is 0 Å². The summed E-state index contributed by atoms with van der Waals surface area (Å²) in [6, 6.07) is 20.2. The van der Waals surface area contributed by atoms with Gasteiger partial charge in [-0.25, -0.2) is 4.39 Å². The van der Waals surface area contributed by atoms with Gasteiger partial charge in [-0.2, -0.15) is 0 Å². The van der Waals surface area contributed by atoms with E-state index in [-0.39, 0.29) is 18.1 Å². The second kappa shape index (κ2) is 7.03. The van der Waals surface area contributed by atoms with Crippen LogP contribution in [0.4, 0.5) is 4.39 Å². The maximum atomic E-state index is 13.4. The second-order valence-electron chi connectivity index (χ2n) is 6.34. The molecular formula is C22H17FN2O2. The van der Waals surface area contributed by atoms with E-state index in [2.05, 4.69) is 4.98 Å². The summed E-state index contributed by atoms with van der Waals surface area (Å²) in [7, 11) is 0. The number of carbonyl (C=O) groups excluding carboxylic acids is 1. The zero-order chi connectivity index (χ0) is 18.8. The third kappa shape index (κ3) is 3.19. The normalized spacial score (nSPS) is 16.9. The van der Waals surface area contributed by atoms with E-state index >= 15 is 0 Å². The second-order valence-corrected chi connectivity index (χ2v) is 6.34. The molecule has 1 aliphatic heterocycles. The van der Waals surface area contributed by atoms with Gasteiger partial charge < -0.3 is 10.0 Å². The molecule has 0 bridgehead atoms. The average Bonchev–Trinajstić information content (AvgIpc) is 2.95. The highest BCUT2D eigenvalue weighted by atomic mass is 19.1. The van der Waals surface area contributed by atoms with Crippen molar-refractivity contribution in [2.75, 3.05) is 0 Å². The number of hydrogen-bond acceptors (Lipinski definition) is 3. The first-order valence-corrected chi connectivity index (χ1v) is 8.60. The maximum Gasteiger partial charge on any atom is 0.290 e. The Hall–Kier alpha value is -3.47. The molecule has 0 aliphatic carbocycles. The lowest BCUT2D eigenvalue weighted by atomic mass is 9.93. The lowest BCUT2D eigenvalue weighted by Crippen LogP contribution is -2.30. The molecule has 5 heteroatoms. The number of amides is 1. The van der Waals surface area contributed by atoms with E-state index in [0.29, 0.717) is 11.3 Å². The number of aliphatic hydroxyl groups excluding tert-OH is 1. The summed E-state index contributed by atoms with van der Waals surface area (Å²) in [4.78, 5) is 18.7. The van der Waals surface area contributed by atoms with Gasteiger partial charge in [0.1, 0.15) is 5.82 Å². The summed E-state index contributed by atoms with van der Waals surface area (Å²) in [5, 5.41) is 10.6. The molecule has 2 aromatic carbocycles. The molecule has 0 spiro atoms. The van der Waals surface area contributed by atoms with E-state index in [1.807, 2.05) is 42.5 Å². The molecular weight excluding hydrogens is 343 g/mol. The molecule has 1 amide bonds. The van der Waals surface area contributed by atoms with Crippen molar-refractivity contribution in [3.8, 4) is 0 Å². The van der Waals surface area contributed by atoms with Crippen LogP contribution < -0.4 is 0 Å². The maximum absolute atomic E-state index is 13.4. The third-order valence-corrected chi connectivity index (χ3v) is 4.63. The smallest absolute Gasteiger partial charge is 0.290 e. The van der Waals surface area contributed by atoms with Gasteiger partial charge >= 0.3 is 0 Å². The minimum absolute atomic E-state index is 0.238. The van der Waals surface area contributed by atoms with Gasteiger partial charge in [0.15, 0.2) is 5.76 Å². The van der Waals surface area contributed by atoms with Gasteiger partial charge in [0.2, 0.25) is 0 Å². The predicted octanol–water partition coefficient (Wildman–Crippen LogP) is 4.27. The van der Waals surface area contributed by atoms with Crippen molar-refractivity contribution < 1.29 is 14.3 Å². The number of hydrogen-bond donors (Lipinski definition) is 1. The molecule has 134 valence electrons. The van der Waals surface area contributed by atoms with Crippen LogP contribution in [0.1, 0.15) is 22.9 Å². The van der Waals surface area contributed by atoms with Crippen LogP contribution in [0.2, 0.25) is 0 Å². The van der Waals surface area contributed by atoms with Crippen LogP contribution in [0.25, 0.3) is 5.57 Å². The van der Waals surface area contributed by atoms with Gasteiger partial charge in [-0.15, -0.1) is 0 Å². The topological polar surface area (TPSA) is 53.4 Å². The molecule has 4 nitrogen and oxygen atoms in total. The molecule has 0 saturated carbocycles. The number of rotatable bonds is 4. The standard InChI is InChI=1S/C22H17FN2O2/c23-17-11-9-16(10-12-17)20-19(15-6-2-1-3-7-15)21(26)22(27)25(20)14-18-8-4-5-13-24-18/h1-13,20,26H,14H2/t20-/m0/s1. The van der Waals surface area contributed by atoms with Crippen molar-refractivity contribution >= 4 is 11.5 Å². The highest BCUT2D eigenvalue weighted by Gasteiger charge is 2.41. The van der Waals surface area contributed by atoms with Crippen LogP contribution >= 0.6 is 0 Å². The van der Waals surface area contributed by atoms with Gasteiger partial charge in [0, 0.05) is 11.8 Å². The Kier molecular flexibility index (Phi) is 4.42. The van der Waals surface area contributed by atoms with E-state index in [1.165, 1.54) is 12.1 Å². The number of pyridine rings is 1. The molecule has 0 unspecified atom stereocenters. The molecule has 0 fully saturated rings. The predicted molar refractivity (Wildman–Crippen MR) is 99.9 cm³/mol. The van der Waals surface area contributed by atoms with Gasteiger partial charge in [-0.05, 0) is 35.4 Å². The Morgan fingerprint density at radius 2 is 1.67 bits per heavy atom. The summed E-state index contributed by atoms with van der Waals surface area (Å²) in [6.07, 6.45) is 1.66. The van der Waals surface area contributed by atoms with Gasteiger partial charge in [-0.3, -0.25) is 9.78 Å². The van der Waals surface area contributed by atoms with Crippen molar-refractivity contribution in [3.05, 3.63) is 107 Å². The van der Waals surface area contributed by atoms with Crippen molar-refractivity contribution in [2.45, 2.75) is 12.6 Å². The highest BCUT2D eigenvalue weighted by molar-refractivity contribution is 6.05. The molecule has 0 saturated heterocycles. The van der Waals surface area contributed by atoms with E-state index in [0.717, 1.165) is 11.1 Å². The Labute approximate surface area is 156 Å². The fourth-order valence-electron chi connectivity index (χ4n) is 3.39. The number of halogens is 1. The zero-order valence-corrected chi connectivity index (χ0v) is 14.4. The van der Waals surface area contributed by atoms with Crippen LogP contribution in [-0.2, 0) is 11.3 Å². The van der Waals surface area contributed by atoms with Crippen LogP contribution in [0, 0.1) is 5.82 Å². The van der Waals surface area contributed by atoms with Crippen molar-refractivity contribution in [2.24, 2.45) is 0 Å². The summed E-state index contributed by atoms with van der Waals surface area (Å²) in [5.41, 5.74) is 2.70. The van der Waals surface area contributed by atoms with E-state index in [9.17, 15) is 14.3 Å². The Balaban J connectivity index is 1.81. The lowest BCUT2D eigenvalue weighted by molar-refractivity contribution is -0.130. The van der Waals surface area contributed by atoms with Crippen LogP contribution in [0.3, 0.4) is 0 Å².